The van der Waals surface area contributed by atoms with Gasteiger partial charge >= 0.3 is 0 Å². The lowest BCUT2D eigenvalue weighted by Crippen LogP contribution is -2.55. The number of amides is 5. The van der Waals surface area contributed by atoms with Crippen LogP contribution in [0.1, 0.15) is 157 Å². The highest BCUT2D eigenvalue weighted by molar-refractivity contribution is 6.00. The minimum absolute atomic E-state index is 0.0428. The molecule has 0 radical (unpaired) electrons. The number of allylic oxidation sites excluding steroid dienone is 1. The van der Waals surface area contributed by atoms with Gasteiger partial charge in [-0.05, 0) is 128 Å². The molecule has 12 nitrogen and oxygen atoms in total. The molecule has 5 rings (SSSR count). The monoisotopic (exact) mass is 876 g/mol. The van der Waals surface area contributed by atoms with Gasteiger partial charge in [0.25, 0.3) is 0 Å². The first-order chi connectivity index (χ1) is 30.0. The van der Waals surface area contributed by atoms with E-state index in [1.807, 2.05) is 6.92 Å². The van der Waals surface area contributed by atoms with Crippen molar-refractivity contribution in [2.24, 2.45) is 58.0 Å². The van der Waals surface area contributed by atoms with Crippen LogP contribution in [0.5, 0.6) is 0 Å². The number of rotatable bonds is 23. The molecular formula is C51H81N5O7. The summed E-state index contributed by atoms with van der Waals surface area (Å²) in [5.74, 6) is 1.83. The fourth-order valence-electron chi connectivity index (χ4n) is 12.2. The van der Waals surface area contributed by atoms with E-state index in [2.05, 4.69) is 62.0 Å². The predicted molar refractivity (Wildman–Crippen MR) is 248 cm³/mol. The Bertz CT molecular complexity index is 1750. The number of hydrogen-bond donors (Lipinski definition) is 6. The lowest BCUT2D eigenvalue weighted by atomic mass is 9.47. The van der Waals surface area contributed by atoms with E-state index in [-0.39, 0.29) is 42.8 Å². The molecule has 1 aromatic rings. The molecule has 0 aromatic heterocycles. The zero-order valence-corrected chi connectivity index (χ0v) is 39.6. The number of primary amides is 1. The van der Waals surface area contributed by atoms with Crippen molar-refractivity contribution >= 4 is 35.2 Å². The van der Waals surface area contributed by atoms with E-state index in [0.717, 1.165) is 48.3 Å². The Morgan fingerprint density at radius 1 is 0.873 bits per heavy atom. The van der Waals surface area contributed by atoms with Crippen LogP contribution < -0.4 is 27.0 Å². The summed E-state index contributed by atoms with van der Waals surface area (Å²) in [5, 5.41) is 20.2. The zero-order chi connectivity index (χ0) is 45.9. The molecule has 352 valence electrons. The molecule has 0 aliphatic heterocycles. The summed E-state index contributed by atoms with van der Waals surface area (Å²) in [6, 6.07) is 4.17. The molecule has 3 saturated carbocycles. The Hall–Kier alpha value is -3.77. The number of carbonyl (C=O) groups is 5. The lowest BCUT2D eigenvalue weighted by molar-refractivity contribution is -0.133. The van der Waals surface area contributed by atoms with Crippen molar-refractivity contribution in [3.05, 3.63) is 41.5 Å². The molecule has 63 heavy (non-hydrogen) atoms. The van der Waals surface area contributed by atoms with Crippen molar-refractivity contribution in [3.8, 4) is 0 Å². The summed E-state index contributed by atoms with van der Waals surface area (Å²) in [5.41, 5.74) is 8.86. The van der Waals surface area contributed by atoms with Gasteiger partial charge in [0, 0.05) is 31.7 Å². The number of nitrogens with two attached hydrogens (primary N) is 1. The van der Waals surface area contributed by atoms with Crippen LogP contribution in [0.3, 0.4) is 0 Å². The van der Waals surface area contributed by atoms with Crippen molar-refractivity contribution in [3.63, 3.8) is 0 Å². The maximum absolute atomic E-state index is 13.4. The molecule has 4 aliphatic rings. The van der Waals surface area contributed by atoms with E-state index < -0.39 is 42.1 Å². The van der Waals surface area contributed by atoms with E-state index in [0.29, 0.717) is 42.7 Å². The van der Waals surface area contributed by atoms with Gasteiger partial charge in [0.15, 0.2) is 0 Å². The third kappa shape index (κ3) is 13.0. The van der Waals surface area contributed by atoms with Crippen LogP contribution in [0, 0.1) is 52.3 Å². The molecule has 7 N–H and O–H groups in total. The molecule has 0 saturated heterocycles. The number of ether oxygens (including phenoxy) is 1. The maximum atomic E-state index is 13.4. The molecule has 11 atom stereocenters. The second kappa shape index (κ2) is 22.9. The van der Waals surface area contributed by atoms with E-state index in [1.54, 1.807) is 36.8 Å². The van der Waals surface area contributed by atoms with Gasteiger partial charge in [0.05, 0.1) is 19.1 Å². The average molecular weight is 876 g/mol. The van der Waals surface area contributed by atoms with Crippen molar-refractivity contribution < 1.29 is 33.8 Å². The van der Waals surface area contributed by atoms with Gasteiger partial charge in [-0.25, -0.2) is 0 Å². The van der Waals surface area contributed by atoms with Gasteiger partial charge in [-0.3, -0.25) is 24.0 Å². The molecule has 0 heterocycles. The number of aliphatic hydroxyl groups is 1. The highest BCUT2D eigenvalue weighted by atomic mass is 16.5. The van der Waals surface area contributed by atoms with E-state index in [9.17, 15) is 29.1 Å². The van der Waals surface area contributed by atoms with Gasteiger partial charge in [0.1, 0.15) is 12.1 Å². The van der Waals surface area contributed by atoms with Gasteiger partial charge in [-0.1, -0.05) is 97.9 Å². The number of fused-ring (bicyclic) bond motifs is 5. The minimum atomic E-state index is -1.28. The summed E-state index contributed by atoms with van der Waals surface area (Å²) in [6.07, 6.45) is 17.6. The van der Waals surface area contributed by atoms with E-state index in [1.165, 1.54) is 57.8 Å². The standard InChI is InChI=1S/C51H81N5O7/c1-8-33(4)47(49(62)55-43(30-44(52)58)48(61)54-37-16-13-35(31-57)14-17-37)56-46(60)22-21-45(59)53-27-10-28-63-38-23-25-50(6)36(29-38)15-18-39-41-20-19-40(34(5)12-9-11-32(2)3)51(41,7)26-24-42(39)50/h13-17,32-34,38-43,47,57H,8-12,18-31H2,1-7H3,(H2,52,58)(H,53,59)(H,54,61)(H,55,62)(H,56,60)/t33?,34?,38-,39-,40+,41-,42-,43?,47?,50-,51+/m0/s1. The molecular weight excluding hydrogens is 795 g/mol. The van der Waals surface area contributed by atoms with Crippen LogP contribution in [0.2, 0.25) is 0 Å². The third-order valence-electron chi connectivity index (χ3n) is 16.1. The van der Waals surface area contributed by atoms with Crippen LogP contribution in [0.25, 0.3) is 0 Å². The molecule has 12 heteroatoms. The van der Waals surface area contributed by atoms with Gasteiger partial charge < -0.3 is 36.8 Å². The Balaban J connectivity index is 1.02. The first-order valence-electron chi connectivity index (χ1n) is 24.4. The normalized spacial score (nSPS) is 28.3. The highest BCUT2D eigenvalue weighted by Crippen LogP contribution is 2.67. The number of anilines is 1. The second-order valence-corrected chi connectivity index (χ2v) is 20.7. The molecule has 0 spiro atoms. The molecule has 4 aliphatic carbocycles. The van der Waals surface area contributed by atoms with Gasteiger partial charge in [0.2, 0.25) is 29.5 Å². The number of carbonyl (C=O) groups excluding carboxylic acids is 5. The summed E-state index contributed by atoms with van der Waals surface area (Å²) >= 11 is 0. The van der Waals surface area contributed by atoms with Crippen LogP contribution in [-0.2, 0) is 35.3 Å². The number of aliphatic hydroxyl groups excluding tert-OH is 1. The van der Waals surface area contributed by atoms with Gasteiger partial charge in [-0.15, -0.1) is 0 Å². The fourth-order valence-corrected chi connectivity index (χ4v) is 12.2. The van der Waals surface area contributed by atoms with E-state index >= 15 is 0 Å². The Morgan fingerprint density at radius 2 is 1.60 bits per heavy atom. The maximum Gasteiger partial charge on any atom is 0.247 e. The number of nitrogens with one attached hydrogen (secondary N) is 4. The van der Waals surface area contributed by atoms with Crippen LogP contribution in [0.15, 0.2) is 35.9 Å². The average Bonchev–Trinajstić information content (AvgIpc) is 3.61. The van der Waals surface area contributed by atoms with Crippen LogP contribution in [0.4, 0.5) is 5.69 Å². The lowest BCUT2D eigenvalue weighted by Gasteiger charge is -2.58. The molecule has 4 unspecified atom stereocenters. The smallest absolute Gasteiger partial charge is 0.247 e. The number of benzene rings is 1. The summed E-state index contributed by atoms with van der Waals surface area (Å²) < 4.78 is 6.41. The Morgan fingerprint density at radius 3 is 2.29 bits per heavy atom. The number of hydrogen-bond acceptors (Lipinski definition) is 7. The van der Waals surface area contributed by atoms with Crippen molar-refractivity contribution in [2.45, 2.75) is 176 Å². The van der Waals surface area contributed by atoms with Gasteiger partial charge in [-0.2, -0.15) is 0 Å². The highest BCUT2D eigenvalue weighted by Gasteiger charge is 2.59. The predicted octanol–water partition coefficient (Wildman–Crippen LogP) is 7.72. The fraction of sp³-hybridized carbons (Fsp3) is 0.745. The van der Waals surface area contributed by atoms with Crippen LogP contribution in [-0.4, -0.2) is 66.0 Å². The second-order valence-electron chi connectivity index (χ2n) is 20.7. The summed E-state index contributed by atoms with van der Waals surface area (Å²) in [6.45, 7) is 17.0. The zero-order valence-electron chi connectivity index (χ0n) is 39.6. The Kier molecular flexibility index (Phi) is 18.3. The Labute approximate surface area is 377 Å². The first kappa shape index (κ1) is 50.2. The molecule has 3 fully saturated rings. The molecule has 0 bridgehead atoms. The summed E-state index contributed by atoms with van der Waals surface area (Å²) in [4.78, 5) is 64.1. The first-order valence-corrected chi connectivity index (χ1v) is 24.4. The van der Waals surface area contributed by atoms with Crippen molar-refractivity contribution in [1.29, 1.82) is 0 Å². The third-order valence-corrected chi connectivity index (χ3v) is 16.1. The largest absolute Gasteiger partial charge is 0.392 e. The molecule has 5 amide bonds. The minimum Gasteiger partial charge on any atom is -0.392 e. The van der Waals surface area contributed by atoms with Crippen molar-refractivity contribution in [2.75, 3.05) is 18.5 Å². The topological polar surface area (TPSA) is 189 Å². The van der Waals surface area contributed by atoms with Crippen LogP contribution >= 0.6 is 0 Å². The SMILES string of the molecule is CCC(C)C(NC(=O)CCC(=O)NCCCO[C@H]1CC[C@@]2(C)C(=CC[C@H]3[C@@H]4CC[C@H](C(C)CCCC(C)C)[C@@]4(C)CC[C@@H]32)C1)C(=O)NC(CC(N)=O)C(=O)Nc1ccc(CO)cc1. The quantitative estimate of drug-likeness (QED) is 0.0480. The summed E-state index contributed by atoms with van der Waals surface area (Å²) in [7, 11) is 0. The van der Waals surface area contributed by atoms with Crippen molar-refractivity contribution in [1.82, 2.24) is 16.0 Å². The molecule has 1 aromatic carbocycles. The van der Waals surface area contributed by atoms with E-state index in [4.69, 9.17) is 10.5 Å².